The van der Waals surface area contributed by atoms with E-state index in [1.54, 1.807) is 7.11 Å². The third kappa shape index (κ3) is 2.01. The van der Waals surface area contributed by atoms with Crippen LogP contribution in [0.2, 0.25) is 0 Å². The number of hydrogen-bond acceptors (Lipinski definition) is 5. The van der Waals surface area contributed by atoms with Crippen LogP contribution in [0, 0.1) is 0 Å². The summed E-state index contributed by atoms with van der Waals surface area (Å²) in [5.74, 6) is 1.36. The fraction of sp³-hybridized carbons (Fsp3) is 0.636. The normalized spacial score (nSPS) is 15.9. The number of fused-ring (bicyclic) bond motifs is 1. The molecule has 5 nitrogen and oxygen atoms in total. The average molecular weight is 222 g/mol. The van der Waals surface area contributed by atoms with Gasteiger partial charge in [-0.1, -0.05) is 6.92 Å². The van der Waals surface area contributed by atoms with Crippen LogP contribution in [0.1, 0.15) is 24.0 Å². The third-order valence-electron chi connectivity index (χ3n) is 2.98. The van der Waals surface area contributed by atoms with Crippen LogP contribution in [-0.4, -0.2) is 35.1 Å². The fourth-order valence-electron chi connectivity index (χ4n) is 2.03. The number of rotatable bonds is 3. The molecule has 88 valence electrons. The first-order chi connectivity index (χ1) is 7.78. The lowest BCUT2D eigenvalue weighted by atomic mass is 10.1. The largest absolute Gasteiger partial charge is 0.481 e. The van der Waals surface area contributed by atoms with Crippen LogP contribution in [0.25, 0.3) is 0 Å². The number of hydrogen-bond donors (Lipinski definition) is 1. The van der Waals surface area contributed by atoms with Gasteiger partial charge in [0, 0.05) is 18.7 Å². The molecule has 0 aliphatic carbocycles. The average Bonchev–Trinajstić information content (AvgIpc) is 2.36. The molecule has 1 aromatic rings. The van der Waals surface area contributed by atoms with E-state index in [-0.39, 0.29) is 0 Å². The van der Waals surface area contributed by atoms with Crippen molar-refractivity contribution in [2.45, 2.75) is 26.4 Å². The third-order valence-corrected chi connectivity index (χ3v) is 2.98. The molecule has 0 unspecified atom stereocenters. The molecule has 0 saturated heterocycles. The molecule has 1 aromatic heterocycles. The molecule has 0 spiro atoms. The van der Waals surface area contributed by atoms with Gasteiger partial charge in [-0.2, -0.15) is 4.98 Å². The number of ether oxygens (including phenoxy) is 1. The molecule has 2 N–H and O–H groups in total. The predicted molar refractivity (Wildman–Crippen MR) is 61.1 cm³/mol. The summed E-state index contributed by atoms with van der Waals surface area (Å²) >= 11 is 0. The van der Waals surface area contributed by atoms with Gasteiger partial charge in [0.1, 0.15) is 5.82 Å². The van der Waals surface area contributed by atoms with E-state index in [1.165, 1.54) is 0 Å². The Labute approximate surface area is 95.6 Å². The highest BCUT2D eigenvalue weighted by Crippen LogP contribution is 2.24. The minimum atomic E-state index is 0.357. The maximum atomic E-state index is 5.58. The van der Waals surface area contributed by atoms with Crippen LogP contribution < -0.4 is 10.5 Å². The molecular formula is C11H18N4O. The lowest BCUT2D eigenvalue weighted by Gasteiger charge is -2.27. The van der Waals surface area contributed by atoms with Crippen LogP contribution in [0.5, 0.6) is 5.88 Å². The first-order valence-electron chi connectivity index (χ1n) is 5.63. The molecule has 5 heteroatoms. The van der Waals surface area contributed by atoms with E-state index in [0.29, 0.717) is 18.2 Å². The van der Waals surface area contributed by atoms with Gasteiger partial charge in [0.2, 0.25) is 5.88 Å². The Morgan fingerprint density at radius 2 is 2.25 bits per heavy atom. The maximum absolute atomic E-state index is 5.58. The lowest BCUT2D eigenvalue weighted by Crippen LogP contribution is -2.32. The van der Waals surface area contributed by atoms with Crippen molar-refractivity contribution >= 4 is 0 Å². The van der Waals surface area contributed by atoms with Gasteiger partial charge < -0.3 is 10.5 Å². The van der Waals surface area contributed by atoms with Gasteiger partial charge in [0.25, 0.3) is 0 Å². The molecule has 2 heterocycles. The first kappa shape index (κ1) is 11.3. The summed E-state index contributed by atoms with van der Waals surface area (Å²) in [6, 6.07) is 0. The van der Waals surface area contributed by atoms with Crippen molar-refractivity contribution in [3.63, 3.8) is 0 Å². The molecule has 0 bridgehead atoms. The Kier molecular flexibility index (Phi) is 3.36. The van der Waals surface area contributed by atoms with Crippen molar-refractivity contribution in [2.75, 3.05) is 20.2 Å². The smallest absolute Gasteiger partial charge is 0.220 e. The molecule has 0 saturated carbocycles. The quantitative estimate of drug-likeness (QED) is 0.798. The number of nitrogens with zero attached hydrogens (tertiary/aromatic N) is 3. The summed E-state index contributed by atoms with van der Waals surface area (Å²) in [5.41, 5.74) is 7.79. The van der Waals surface area contributed by atoms with E-state index in [0.717, 1.165) is 37.3 Å². The fourth-order valence-corrected chi connectivity index (χ4v) is 2.03. The van der Waals surface area contributed by atoms with Crippen molar-refractivity contribution in [1.82, 2.24) is 14.9 Å². The molecule has 1 aliphatic rings. The lowest BCUT2D eigenvalue weighted by molar-refractivity contribution is 0.257. The van der Waals surface area contributed by atoms with Gasteiger partial charge in [-0.3, -0.25) is 4.90 Å². The summed E-state index contributed by atoms with van der Waals surface area (Å²) in [5, 5.41) is 0. The monoisotopic (exact) mass is 222 g/mol. The molecule has 0 radical (unpaired) electrons. The van der Waals surface area contributed by atoms with Gasteiger partial charge in [0.05, 0.1) is 19.3 Å². The number of methoxy groups -OCH3 is 1. The molecule has 0 amide bonds. The predicted octanol–water partition coefficient (Wildman–Crippen LogP) is 0.322. The van der Waals surface area contributed by atoms with Gasteiger partial charge in [-0.15, -0.1) is 0 Å². The summed E-state index contributed by atoms with van der Waals surface area (Å²) in [4.78, 5) is 11.1. The van der Waals surface area contributed by atoms with Crippen molar-refractivity contribution < 1.29 is 4.74 Å². The Balaban J connectivity index is 2.38. The summed E-state index contributed by atoms with van der Waals surface area (Å²) in [6.07, 6.45) is 0.956. The van der Waals surface area contributed by atoms with E-state index in [9.17, 15) is 0 Å². The van der Waals surface area contributed by atoms with Gasteiger partial charge in [-0.25, -0.2) is 4.98 Å². The molecular weight excluding hydrogens is 204 g/mol. The van der Waals surface area contributed by atoms with Gasteiger partial charge in [0.15, 0.2) is 0 Å². The van der Waals surface area contributed by atoms with Crippen LogP contribution in [0.3, 0.4) is 0 Å². The van der Waals surface area contributed by atoms with Crippen molar-refractivity contribution in [1.29, 1.82) is 0 Å². The molecule has 0 atom stereocenters. The zero-order valence-corrected chi connectivity index (χ0v) is 9.86. The second-order valence-electron chi connectivity index (χ2n) is 3.90. The number of aromatic nitrogens is 2. The van der Waals surface area contributed by atoms with Crippen molar-refractivity contribution in [3.8, 4) is 5.88 Å². The van der Waals surface area contributed by atoms with E-state index >= 15 is 0 Å². The second kappa shape index (κ2) is 4.76. The van der Waals surface area contributed by atoms with Crippen LogP contribution in [-0.2, 0) is 19.5 Å². The Morgan fingerprint density at radius 3 is 2.88 bits per heavy atom. The molecule has 1 aliphatic heterocycles. The van der Waals surface area contributed by atoms with Crippen molar-refractivity contribution in [2.24, 2.45) is 5.73 Å². The maximum Gasteiger partial charge on any atom is 0.220 e. The molecule has 0 aromatic carbocycles. The summed E-state index contributed by atoms with van der Waals surface area (Å²) in [6.45, 7) is 5.48. The number of likely N-dealkylation sites (N-methyl/N-ethyl adjacent to an activating group) is 1. The zero-order valence-electron chi connectivity index (χ0n) is 9.86. The number of nitrogens with two attached hydrogens (primary N) is 1. The minimum absolute atomic E-state index is 0.357. The highest BCUT2D eigenvalue weighted by atomic mass is 16.5. The first-order valence-corrected chi connectivity index (χ1v) is 5.63. The summed E-state index contributed by atoms with van der Waals surface area (Å²) in [7, 11) is 1.65. The zero-order chi connectivity index (χ0) is 11.5. The second-order valence-corrected chi connectivity index (χ2v) is 3.90. The van der Waals surface area contributed by atoms with Crippen LogP contribution in [0.15, 0.2) is 0 Å². The highest BCUT2D eigenvalue weighted by Gasteiger charge is 2.21. The highest BCUT2D eigenvalue weighted by molar-refractivity contribution is 5.33. The van der Waals surface area contributed by atoms with E-state index < -0.39 is 0 Å². The SMILES string of the molecule is CCN1CCc2c(nc(CN)nc2OC)C1. The molecule has 0 fully saturated rings. The van der Waals surface area contributed by atoms with E-state index in [4.69, 9.17) is 10.5 Å². The molecule has 2 rings (SSSR count). The Morgan fingerprint density at radius 1 is 1.44 bits per heavy atom. The Bertz CT molecular complexity index is 380. The van der Waals surface area contributed by atoms with Crippen LogP contribution >= 0.6 is 0 Å². The van der Waals surface area contributed by atoms with Gasteiger partial charge >= 0.3 is 0 Å². The van der Waals surface area contributed by atoms with Crippen LogP contribution in [0.4, 0.5) is 0 Å². The topological polar surface area (TPSA) is 64.3 Å². The minimum Gasteiger partial charge on any atom is -0.481 e. The Hall–Kier alpha value is -1.20. The standard InChI is InChI=1S/C11H18N4O/c1-3-15-5-4-8-9(7-15)13-10(6-12)14-11(8)16-2/h3-7,12H2,1-2H3. The van der Waals surface area contributed by atoms with Gasteiger partial charge in [-0.05, 0) is 13.0 Å². The summed E-state index contributed by atoms with van der Waals surface area (Å²) < 4.78 is 5.30. The van der Waals surface area contributed by atoms with E-state index in [1.807, 2.05) is 0 Å². The van der Waals surface area contributed by atoms with E-state index in [2.05, 4.69) is 21.8 Å². The van der Waals surface area contributed by atoms with Crippen molar-refractivity contribution in [3.05, 3.63) is 17.1 Å². The molecule has 16 heavy (non-hydrogen) atoms.